The van der Waals surface area contributed by atoms with Gasteiger partial charge in [-0.1, -0.05) is 32.0 Å². The lowest BCUT2D eigenvalue weighted by Gasteiger charge is -2.29. The van der Waals surface area contributed by atoms with Crippen molar-refractivity contribution < 1.29 is 5.11 Å². The Morgan fingerprint density at radius 1 is 1.20 bits per heavy atom. The first kappa shape index (κ1) is 12.3. The van der Waals surface area contributed by atoms with E-state index in [-0.39, 0.29) is 5.92 Å². The first-order valence-corrected chi connectivity index (χ1v) is 5.62. The van der Waals surface area contributed by atoms with Gasteiger partial charge in [0.15, 0.2) is 0 Å². The number of aliphatic hydroxyl groups is 1. The van der Waals surface area contributed by atoms with E-state index >= 15 is 0 Å². The molecule has 0 bridgehead atoms. The monoisotopic (exact) mass is 206 g/mol. The van der Waals surface area contributed by atoms with Gasteiger partial charge in [0, 0.05) is 6.42 Å². The summed E-state index contributed by atoms with van der Waals surface area (Å²) in [7, 11) is 0. The molecular formula is C14H22O. The van der Waals surface area contributed by atoms with Crippen LogP contribution >= 0.6 is 0 Å². The molecule has 0 radical (unpaired) electrons. The minimum Gasteiger partial charge on any atom is -0.390 e. The van der Waals surface area contributed by atoms with Crippen LogP contribution in [-0.2, 0) is 6.42 Å². The first-order valence-electron chi connectivity index (χ1n) is 5.62. The van der Waals surface area contributed by atoms with Crippen molar-refractivity contribution >= 4 is 0 Å². The molecule has 0 aliphatic carbocycles. The standard InChI is InChI=1S/C14H22O/c1-10(2)14(5,15)9-13-11(3)7-6-8-12(13)4/h6-8,10,15H,9H2,1-5H3. The Labute approximate surface area is 93.1 Å². The number of benzene rings is 1. The summed E-state index contributed by atoms with van der Waals surface area (Å²) in [6.07, 6.45) is 0.739. The van der Waals surface area contributed by atoms with Crippen LogP contribution in [0.25, 0.3) is 0 Å². The Hall–Kier alpha value is -0.820. The van der Waals surface area contributed by atoms with Crippen molar-refractivity contribution in [1.29, 1.82) is 0 Å². The van der Waals surface area contributed by atoms with Gasteiger partial charge in [-0.3, -0.25) is 0 Å². The van der Waals surface area contributed by atoms with Gasteiger partial charge in [0.05, 0.1) is 5.60 Å². The van der Waals surface area contributed by atoms with Gasteiger partial charge in [-0.15, -0.1) is 0 Å². The summed E-state index contributed by atoms with van der Waals surface area (Å²) in [4.78, 5) is 0. The van der Waals surface area contributed by atoms with Crippen LogP contribution in [0.5, 0.6) is 0 Å². The van der Waals surface area contributed by atoms with Crippen LogP contribution in [0.2, 0.25) is 0 Å². The van der Waals surface area contributed by atoms with Gasteiger partial charge in [0.2, 0.25) is 0 Å². The Bertz CT molecular complexity index is 317. The summed E-state index contributed by atoms with van der Waals surface area (Å²) >= 11 is 0. The summed E-state index contributed by atoms with van der Waals surface area (Å²) in [5.74, 6) is 0.275. The highest BCUT2D eigenvalue weighted by molar-refractivity contribution is 5.34. The quantitative estimate of drug-likeness (QED) is 0.805. The maximum atomic E-state index is 10.3. The fraction of sp³-hybridized carbons (Fsp3) is 0.571. The fourth-order valence-electron chi connectivity index (χ4n) is 1.69. The SMILES string of the molecule is Cc1cccc(C)c1CC(C)(O)C(C)C. The zero-order valence-electron chi connectivity index (χ0n) is 10.5. The summed E-state index contributed by atoms with van der Waals surface area (Å²) in [5.41, 5.74) is 3.22. The summed E-state index contributed by atoms with van der Waals surface area (Å²) in [5, 5.41) is 10.3. The van der Waals surface area contributed by atoms with Crippen molar-refractivity contribution in [1.82, 2.24) is 0 Å². The highest BCUT2D eigenvalue weighted by atomic mass is 16.3. The van der Waals surface area contributed by atoms with Crippen molar-refractivity contribution in [3.05, 3.63) is 34.9 Å². The first-order chi connectivity index (χ1) is 6.84. The number of hydrogen-bond acceptors (Lipinski definition) is 1. The lowest BCUT2D eigenvalue weighted by molar-refractivity contribution is 0.0137. The molecule has 1 aromatic carbocycles. The van der Waals surface area contributed by atoms with E-state index < -0.39 is 5.60 Å². The van der Waals surface area contributed by atoms with Gasteiger partial charge in [0.25, 0.3) is 0 Å². The molecule has 0 fully saturated rings. The summed E-state index contributed by atoms with van der Waals surface area (Å²) in [6.45, 7) is 10.3. The van der Waals surface area contributed by atoms with E-state index in [0.717, 1.165) is 6.42 Å². The number of rotatable bonds is 3. The van der Waals surface area contributed by atoms with Crippen LogP contribution in [-0.4, -0.2) is 10.7 Å². The van der Waals surface area contributed by atoms with E-state index in [4.69, 9.17) is 0 Å². The zero-order valence-corrected chi connectivity index (χ0v) is 10.5. The molecule has 1 nitrogen and oxygen atoms in total. The molecule has 1 N–H and O–H groups in total. The topological polar surface area (TPSA) is 20.2 Å². The van der Waals surface area contributed by atoms with Gasteiger partial charge >= 0.3 is 0 Å². The molecule has 0 amide bonds. The largest absolute Gasteiger partial charge is 0.390 e. The molecule has 0 spiro atoms. The molecule has 0 aromatic heterocycles. The fourth-order valence-corrected chi connectivity index (χ4v) is 1.69. The Morgan fingerprint density at radius 3 is 2.07 bits per heavy atom. The zero-order chi connectivity index (χ0) is 11.6. The third kappa shape index (κ3) is 2.82. The molecule has 15 heavy (non-hydrogen) atoms. The number of aryl methyl sites for hydroxylation is 2. The van der Waals surface area contributed by atoms with Crippen LogP contribution in [0, 0.1) is 19.8 Å². The molecule has 0 saturated carbocycles. The third-order valence-electron chi connectivity index (χ3n) is 3.42. The van der Waals surface area contributed by atoms with Crippen LogP contribution in [0.1, 0.15) is 37.5 Å². The van der Waals surface area contributed by atoms with Gasteiger partial charge in [-0.05, 0) is 43.4 Å². The minimum absolute atomic E-state index is 0.275. The maximum absolute atomic E-state index is 10.3. The summed E-state index contributed by atoms with van der Waals surface area (Å²) in [6, 6.07) is 6.29. The molecule has 84 valence electrons. The average Bonchev–Trinajstić information content (AvgIpc) is 2.11. The lowest BCUT2D eigenvalue weighted by atomic mass is 9.83. The molecule has 0 heterocycles. The molecule has 1 aromatic rings. The van der Waals surface area contributed by atoms with E-state index in [1.54, 1.807) is 0 Å². The van der Waals surface area contributed by atoms with E-state index in [9.17, 15) is 5.11 Å². The maximum Gasteiger partial charge on any atom is 0.0682 e. The normalized spacial score (nSPS) is 15.4. The Kier molecular flexibility index (Phi) is 3.56. The van der Waals surface area contributed by atoms with Crippen molar-refractivity contribution in [3.63, 3.8) is 0 Å². The Balaban J connectivity index is 2.99. The summed E-state index contributed by atoms with van der Waals surface area (Å²) < 4.78 is 0. The molecule has 1 unspecified atom stereocenters. The Morgan fingerprint density at radius 2 is 1.67 bits per heavy atom. The molecule has 1 heteroatoms. The second-order valence-corrected chi connectivity index (χ2v) is 5.06. The van der Waals surface area contributed by atoms with Crippen molar-refractivity contribution in [3.8, 4) is 0 Å². The molecule has 1 rings (SSSR count). The van der Waals surface area contributed by atoms with Crippen LogP contribution in [0.15, 0.2) is 18.2 Å². The smallest absolute Gasteiger partial charge is 0.0682 e. The molecule has 1 atom stereocenters. The van der Waals surface area contributed by atoms with Crippen LogP contribution < -0.4 is 0 Å². The van der Waals surface area contributed by atoms with E-state index in [2.05, 4.69) is 45.9 Å². The number of hydrogen-bond donors (Lipinski definition) is 1. The van der Waals surface area contributed by atoms with E-state index in [0.29, 0.717) is 0 Å². The molecule has 0 saturated heterocycles. The predicted octanol–water partition coefficient (Wildman–Crippen LogP) is 3.25. The average molecular weight is 206 g/mol. The molecule has 0 aliphatic rings. The van der Waals surface area contributed by atoms with Gasteiger partial charge in [0.1, 0.15) is 0 Å². The van der Waals surface area contributed by atoms with Crippen molar-refractivity contribution in [2.24, 2.45) is 5.92 Å². The third-order valence-corrected chi connectivity index (χ3v) is 3.42. The van der Waals surface area contributed by atoms with Gasteiger partial charge < -0.3 is 5.11 Å². The van der Waals surface area contributed by atoms with Crippen LogP contribution in [0.4, 0.5) is 0 Å². The molecular weight excluding hydrogens is 184 g/mol. The van der Waals surface area contributed by atoms with Crippen molar-refractivity contribution in [2.45, 2.75) is 46.6 Å². The highest BCUT2D eigenvalue weighted by Crippen LogP contribution is 2.25. The van der Waals surface area contributed by atoms with Gasteiger partial charge in [-0.25, -0.2) is 0 Å². The highest BCUT2D eigenvalue weighted by Gasteiger charge is 2.26. The van der Waals surface area contributed by atoms with E-state index in [1.165, 1.54) is 16.7 Å². The minimum atomic E-state index is -0.614. The van der Waals surface area contributed by atoms with Crippen molar-refractivity contribution in [2.75, 3.05) is 0 Å². The second kappa shape index (κ2) is 4.36. The predicted molar refractivity (Wildman–Crippen MR) is 65.1 cm³/mol. The second-order valence-electron chi connectivity index (χ2n) is 5.06. The lowest BCUT2D eigenvalue weighted by Crippen LogP contribution is -2.34. The molecule has 0 aliphatic heterocycles. The van der Waals surface area contributed by atoms with E-state index in [1.807, 2.05) is 6.92 Å². The van der Waals surface area contributed by atoms with Gasteiger partial charge in [-0.2, -0.15) is 0 Å². The van der Waals surface area contributed by atoms with Crippen LogP contribution in [0.3, 0.4) is 0 Å².